The summed E-state index contributed by atoms with van der Waals surface area (Å²) in [5, 5.41) is 0. The molecule has 0 fully saturated rings. The van der Waals surface area contributed by atoms with E-state index in [1.807, 2.05) is 30.3 Å². The van der Waals surface area contributed by atoms with Crippen molar-refractivity contribution in [3.05, 3.63) is 18.7 Å². The first-order valence-corrected chi connectivity index (χ1v) is 4.80. The number of halogens is 4. The third-order valence-electron chi connectivity index (χ3n) is 1.62. The van der Waals surface area contributed by atoms with Crippen molar-refractivity contribution in [2.24, 2.45) is 7.05 Å². The van der Waals surface area contributed by atoms with Gasteiger partial charge in [-0.15, -0.1) is 0 Å². The SMILES string of the molecule is CCC(C)On1cc[n+](C)c1.F[B-](F)(F)F. The molecule has 1 rings (SSSR count). The molecule has 1 unspecified atom stereocenters. The number of hydrogen-bond acceptors (Lipinski definition) is 1. The molecule has 1 heterocycles. The third kappa shape index (κ3) is 9.35. The monoisotopic (exact) mass is 242 g/mol. The maximum Gasteiger partial charge on any atom is 0.673 e. The van der Waals surface area contributed by atoms with Crippen molar-refractivity contribution in [3.63, 3.8) is 0 Å². The van der Waals surface area contributed by atoms with Crippen LogP contribution in [0.1, 0.15) is 20.3 Å². The molecule has 0 bridgehead atoms. The van der Waals surface area contributed by atoms with Crippen LogP contribution in [-0.4, -0.2) is 18.1 Å². The van der Waals surface area contributed by atoms with Gasteiger partial charge in [0.15, 0.2) is 6.20 Å². The number of nitrogens with zero attached hydrogens (tertiary/aromatic N) is 2. The lowest BCUT2D eigenvalue weighted by Gasteiger charge is -2.05. The zero-order valence-electron chi connectivity index (χ0n) is 9.41. The van der Waals surface area contributed by atoms with Gasteiger partial charge in [0.05, 0.1) is 7.05 Å². The summed E-state index contributed by atoms with van der Waals surface area (Å²) in [6.45, 7) is 4.16. The molecule has 0 spiro atoms. The average Bonchev–Trinajstić information content (AvgIpc) is 2.48. The van der Waals surface area contributed by atoms with Crippen LogP contribution in [0.5, 0.6) is 0 Å². The van der Waals surface area contributed by atoms with Crippen LogP contribution in [0.15, 0.2) is 18.7 Å². The lowest BCUT2D eigenvalue weighted by Crippen LogP contribution is -2.26. The molecule has 0 aliphatic rings. The van der Waals surface area contributed by atoms with Gasteiger partial charge in [0.1, 0.15) is 12.3 Å². The second-order valence-corrected chi connectivity index (χ2v) is 3.26. The summed E-state index contributed by atoms with van der Waals surface area (Å²) in [5.41, 5.74) is 0. The van der Waals surface area contributed by atoms with E-state index in [0.717, 1.165) is 6.42 Å². The minimum Gasteiger partial charge on any atom is -0.418 e. The van der Waals surface area contributed by atoms with Crippen molar-refractivity contribution in [2.75, 3.05) is 0 Å². The molecule has 1 aromatic heterocycles. The molecule has 0 aromatic carbocycles. The molecule has 0 saturated heterocycles. The minimum atomic E-state index is -6.00. The smallest absolute Gasteiger partial charge is 0.418 e. The summed E-state index contributed by atoms with van der Waals surface area (Å²) in [5.74, 6) is 0. The van der Waals surface area contributed by atoms with Crippen LogP contribution in [0.3, 0.4) is 0 Å². The average molecular weight is 242 g/mol. The molecule has 0 aliphatic carbocycles. The Hall–Kier alpha value is -1.21. The molecule has 8 heteroatoms. The first-order chi connectivity index (χ1) is 7.22. The molecule has 0 aliphatic heterocycles. The Labute approximate surface area is 91.7 Å². The summed E-state index contributed by atoms with van der Waals surface area (Å²) < 4.78 is 42.7. The second-order valence-electron chi connectivity index (χ2n) is 3.26. The van der Waals surface area contributed by atoms with Gasteiger partial charge in [-0.1, -0.05) is 11.7 Å². The van der Waals surface area contributed by atoms with Gasteiger partial charge in [0.25, 0.3) is 6.33 Å². The first kappa shape index (κ1) is 14.8. The summed E-state index contributed by atoms with van der Waals surface area (Å²) in [6, 6.07) is 0. The van der Waals surface area contributed by atoms with Crippen LogP contribution >= 0.6 is 0 Å². The van der Waals surface area contributed by atoms with Gasteiger partial charge in [-0.25, -0.2) is 4.57 Å². The van der Waals surface area contributed by atoms with Crippen molar-refractivity contribution >= 4 is 7.25 Å². The Balaban J connectivity index is 0.000000385. The van der Waals surface area contributed by atoms with E-state index >= 15 is 0 Å². The molecule has 0 amide bonds. The fourth-order valence-corrected chi connectivity index (χ4v) is 0.772. The number of hydrogen-bond donors (Lipinski definition) is 0. The standard InChI is InChI=1S/C8H15N2O.BF4/c1-4-8(2)11-10-6-5-9(3)7-10;2-1(3,4)5/h5-8H,4H2,1-3H3;/q+1;-1. The van der Waals surface area contributed by atoms with E-state index in [4.69, 9.17) is 4.84 Å². The van der Waals surface area contributed by atoms with Crippen molar-refractivity contribution in [1.29, 1.82) is 0 Å². The molecule has 0 radical (unpaired) electrons. The molecule has 1 aromatic rings. The van der Waals surface area contributed by atoms with E-state index in [1.165, 1.54) is 0 Å². The Kier molecular flexibility index (Phi) is 5.91. The van der Waals surface area contributed by atoms with Gasteiger partial charge in [0.2, 0.25) is 0 Å². The normalized spacial score (nSPS) is 12.7. The first-order valence-electron chi connectivity index (χ1n) is 4.80. The van der Waals surface area contributed by atoms with Crippen LogP contribution in [0.25, 0.3) is 0 Å². The van der Waals surface area contributed by atoms with Gasteiger partial charge in [-0.2, -0.15) is 0 Å². The van der Waals surface area contributed by atoms with Gasteiger partial charge < -0.3 is 22.1 Å². The zero-order valence-corrected chi connectivity index (χ0v) is 9.41. The maximum atomic E-state index is 9.75. The highest BCUT2D eigenvalue weighted by Gasteiger charge is 2.20. The lowest BCUT2D eigenvalue weighted by molar-refractivity contribution is -0.672. The maximum absolute atomic E-state index is 9.75. The number of aryl methyl sites for hydroxylation is 1. The molecular formula is C8H15BF4N2O. The molecule has 16 heavy (non-hydrogen) atoms. The second kappa shape index (κ2) is 6.39. The largest absolute Gasteiger partial charge is 0.673 e. The Bertz CT molecular complexity index is 296. The molecular weight excluding hydrogens is 227 g/mol. The Morgan fingerprint density at radius 1 is 1.38 bits per heavy atom. The Morgan fingerprint density at radius 2 is 1.88 bits per heavy atom. The minimum absolute atomic E-state index is 0.280. The Morgan fingerprint density at radius 3 is 2.19 bits per heavy atom. The van der Waals surface area contributed by atoms with Crippen LogP contribution in [0, 0.1) is 0 Å². The van der Waals surface area contributed by atoms with Gasteiger partial charge >= 0.3 is 7.25 Å². The number of imidazole rings is 1. The number of rotatable bonds is 3. The van der Waals surface area contributed by atoms with Crippen LogP contribution < -0.4 is 9.40 Å². The highest BCUT2D eigenvalue weighted by atomic mass is 19.5. The lowest BCUT2D eigenvalue weighted by atomic mass is 10.3. The van der Waals surface area contributed by atoms with Crippen LogP contribution in [0.4, 0.5) is 17.3 Å². The van der Waals surface area contributed by atoms with Crippen LogP contribution in [-0.2, 0) is 7.05 Å². The summed E-state index contributed by atoms with van der Waals surface area (Å²) in [7, 11) is -4.03. The quantitative estimate of drug-likeness (QED) is 0.449. The van der Waals surface area contributed by atoms with Crippen molar-refractivity contribution in [3.8, 4) is 0 Å². The van der Waals surface area contributed by atoms with Gasteiger partial charge in [0, 0.05) is 0 Å². The van der Waals surface area contributed by atoms with E-state index in [-0.39, 0.29) is 6.10 Å². The highest BCUT2D eigenvalue weighted by molar-refractivity contribution is 6.50. The molecule has 3 nitrogen and oxygen atoms in total. The van der Waals surface area contributed by atoms with E-state index in [1.54, 1.807) is 4.73 Å². The van der Waals surface area contributed by atoms with Crippen LogP contribution in [0.2, 0.25) is 0 Å². The predicted molar refractivity (Wildman–Crippen MR) is 52.1 cm³/mol. The summed E-state index contributed by atoms with van der Waals surface area (Å²) >= 11 is 0. The molecule has 94 valence electrons. The zero-order chi connectivity index (χ0) is 12.8. The number of aromatic nitrogens is 2. The fraction of sp³-hybridized carbons (Fsp3) is 0.625. The summed E-state index contributed by atoms with van der Waals surface area (Å²) in [4.78, 5) is 5.48. The van der Waals surface area contributed by atoms with Crippen molar-refractivity contribution in [1.82, 2.24) is 4.73 Å². The van der Waals surface area contributed by atoms with E-state index in [9.17, 15) is 17.3 Å². The fourth-order valence-electron chi connectivity index (χ4n) is 0.772. The van der Waals surface area contributed by atoms with Gasteiger partial charge in [-0.05, 0) is 13.3 Å². The highest BCUT2D eigenvalue weighted by Crippen LogP contribution is 2.06. The van der Waals surface area contributed by atoms with E-state index in [0.29, 0.717) is 0 Å². The third-order valence-corrected chi connectivity index (χ3v) is 1.62. The topological polar surface area (TPSA) is 18.0 Å². The molecule has 1 atom stereocenters. The van der Waals surface area contributed by atoms with E-state index < -0.39 is 7.25 Å². The van der Waals surface area contributed by atoms with E-state index in [2.05, 4.69) is 13.8 Å². The van der Waals surface area contributed by atoms with Gasteiger partial charge in [-0.3, -0.25) is 0 Å². The summed E-state index contributed by atoms with van der Waals surface area (Å²) in [6.07, 6.45) is 7.05. The molecule has 0 saturated carbocycles. The predicted octanol–water partition coefficient (Wildman–Crippen LogP) is 1.84. The van der Waals surface area contributed by atoms with Crippen molar-refractivity contribution < 1.29 is 26.7 Å². The molecule has 0 N–H and O–H groups in total. The van der Waals surface area contributed by atoms with Crippen molar-refractivity contribution in [2.45, 2.75) is 26.4 Å².